The number of rotatable bonds is 10. The molecule has 0 bridgehead atoms. The number of aromatic nitrogens is 1. The van der Waals surface area contributed by atoms with Gasteiger partial charge in [0.15, 0.2) is 0 Å². The SMILES string of the molecule is CCC(CC)C(=O)N(C)Cc1ccc(-c2cnc(C3CN(C(=O)c4ccc(NC(=O)[C@@H]5CCCN5)s4)C3)s2)cc1. The summed E-state index contributed by atoms with van der Waals surface area (Å²) in [5.41, 5.74) is 2.21. The number of nitrogens with zero attached hydrogens (tertiary/aromatic N) is 3. The number of thiazole rings is 1. The topological polar surface area (TPSA) is 94.6 Å². The van der Waals surface area contributed by atoms with Crippen LogP contribution in [0.25, 0.3) is 10.4 Å². The maximum atomic E-state index is 13.0. The monoisotopic (exact) mass is 579 g/mol. The van der Waals surface area contributed by atoms with Gasteiger partial charge in [0.25, 0.3) is 5.91 Å². The molecule has 1 atom stereocenters. The summed E-state index contributed by atoms with van der Waals surface area (Å²) in [4.78, 5) is 48.0. The molecule has 2 fully saturated rings. The Kier molecular flexibility index (Phi) is 8.97. The molecule has 40 heavy (non-hydrogen) atoms. The number of benzene rings is 1. The summed E-state index contributed by atoms with van der Waals surface area (Å²) in [7, 11) is 1.88. The summed E-state index contributed by atoms with van der Waals surface area (Å²) in [5, 5.41) is 7.88. The lowest BCUT2D eigenvalue weighted by Crippen LogP contribution is -2.48. The highest BCUT2D eigenvalue weighted by atomic mass is 32.1. The van der Waals surface area contributed by atoms with Gasteiger partial charge in [-0.25, -0.2) is 4.98 Å². The van der Waals surface area contributed by atoms with Crippen molar-refractivity contribution < 1.29 is 14.4 Å². The number of nitrogens with one attached hydrogen (secondary N) is 2. The molecule has 1 aromatic carbocycles. The van der Waals surface area contributed by atoms with Crippen molar-refractivity contribution in [1.82, 2.24) is 20.1 Å². The van der Waals surface area contributed by atoms with E-state index in [4.69, 9.17) is 0 Å². The summed E-state index contributed by atoms with van der Waals surface area (Å²) in [5.74, 6) is 0.501. The van der Waals surface area contributed by atoms with Crippen molar-refractivity contribution in [3.8, 4) is 10.4 Å². The Hall–Kier alpha value is -3.08. The Morgan fingerprint density at radius 3 is 2.52 bits per heavy atom. The van der Waals surface area contributed by atoms with Gasteiger partial charge in [0.1, 0.15) is 0 Å². The van der Waals surface area contributed by atoms with Crippen molar-refractivity contribution in [3.63, 3.8) is 0 Å². The van der Waals surface area contributed by atoms with Crippen molar-refractivity contribution >= 4 is 45.4 Å². The minimum Gasteiger partial charge on any atom is -0.341 e. The zero-order valence-corrected chi connectivity index (χ0v) is 24.9. The molecule has 2 N–H and O–H groups in total. The van der Waals surface area contributed by atoms with Crippen molar-refractivity contribution in [3.05, 3.63) is 58.0 Å². The summed E-state index contributed by atoms with van der Waals surface area (Å²) < 4.78 is 0. The third kappa shape index (κ3) is 6.29. The van der Waals surface area contributed by atoms with Crippen LogP contribution in [0.3, 0.4) is 0 Å². The average Bonchev–Trinajstić information content (AvgIpc) is 3.71. The molecule has 2 aliphatic rings. The van der Waals surface area contributed by atoms with Gasteiger partial charge in [-0.2, -0.15) is 0 Å². The molecule has 0 aliphatic carbocycles. The number of carbonyl (C=O) groups excluding carboxylic acids is 3. The first-order chi connectivity index (χ1) is 19.4. The van der Waals surface area contributed by atoms with Crippen molar-refractivity contribution in [2.45, 2.75) is 58.0 Å². The van der Waals surface area contributed by atoms with Crippen LogP contribution >= 0.6 is 22.7 Å². The standard InChI is InChI=1S/C30H37N5O3S2/c1-4-20(5-2)29(37)34(3)16-19-8-10-21(11-9-19)25-15-32-28(40-25)22-17-35(18-22)30(38)24-12-13-26(39-24)33-27(36)23-7-6-14-31-23/h8-13,15,20,22-23,31H,4-7,14,16-18H2,1-3H3,(H,33,36)/t23-/m0/s1. The fraction of sp³-hybridized carbons (Fsp3) is 0.467. The van der Waals surface area contributed by atoms with E-state index in [1.165, 1.54) is 11.3 Å². The zero-order valence-electron chi connectivity index (χ0n) is 23.3. The average molecular weight is 580 g/mol. The van der Waals surface area contributed by atoms with Gasteiger partial charge in [-0.15, -0.1) is 22.7 Å². The lowest BCUT2D eigenvalue weighted by molar-refractivity contribution is -0.135. The van der Waals surface area contributed by atoms with Crippen molar-refractivity contribution in [1.29, 1.82) is 0 Å². The predicted octanol–water partition coefficient (Wildman–Crippen LogP) is 5.20. The second-order valence-corrected chi connectivity index (χ2v) is 12.8. The van der Waals surface area contributed by atoms with E-state index in [0.717, 1.165) is 53.2 Å². The smallest absolute Gasteiger partial charge is 0.264 e. The fourth-order valence-electron chi connectivity index (χ4n) is 5.28. The molecule has 0 spiro atoms. The number of hydrogen-bond donors (Lipinski definition) is 2. The predicted molar refractivity (Wildman–Crippen MR) is 161 cm³/mol. The molecule has 212 valence electrons. The second-order valence-electron chi connectivity index (χ2n) is 10.7. The van der Waals surface area contributed by atoms with E-state index in [1.807, 2.05) is 29.1 Å². The van der Waals surface area contributed by atoms with Crippen LogP contribution in [-0.4, -0.2) is 65.2 Å². The Labute approximate surface area is 243 Å². The van der Waals surface area contributed by atoms with Crippen LogP contribution in [0.4, 0.5) is 5.00 Å². The minimum atomic E-state index is -0.143. The van der Waals surface area contributed by atoms with Crippen molar-refractivity contribution in [2.75, 3.05) is 32.0 Å². The number of carbonyl (C=O) groups is 3. The molecule has 10 heteroatoms. The molecule has 8 nitrogen and oxygen atoms in total. The molecular formula is C30H37N5O3S2. The van der Waals surface area contributed by atoms with Crippen molar-refractivity contribution in [2.24, 2.45) is 5.92 Å². The van der Waals surface area contributed by atoms with Crippen LogP contribution in [-0.2, 0) is 16.1 Å². The van der Waals surface area contributed by atoms with Gasteiger partial charge in [0.05, 0.1) is 25.8 Å². The van der Waals surface area contributed by atoms with Gasteiger partial charge in [0, 0.05) is 44.7 Å². The second kappa shape index (κ2) is 12.6. The highest BCUT2D eigenvalue weighted by molar-refractivity contribution is 7.18. The number of anilines is 1. The highest BCUT2D eigenvalue weighted by Gasteiger charge is 2.35. The first-order valence-corrected chi connectivity index (χ1v) is 15.7. The number of amides is 3. The van der Waals surface area contributed by atoms with Crippen LogP contribution in [0.1, 0.15) is 65.7 Å². The molecule has 0 radical (unpaired) electrons. The molecule has 2 aliphatic heterocycles. The molecule has 3 amide bonds. The Bertz CT molecular complexity index is 1340. The number of thiophene rings is 1. The highest BCUT2D eigenvalue weighted by Crippen LogP contribution is 2.36. The number of hydrogen-bond acceptors (Lipinski definition) is 7. The quantitative estimate of drug-likeness (QED) is 0.345. The first-order valence-electron chi connectivity index (χ1n) is 14.1. The summed E-state index contributed by atoms with van der Waals surface area (Å²) in [6.07, 6.45) is 5.50. The first kappa shape index (κ1) is 28.4. The van der Waals surface area contributed by atoms with E-state index in [0.29, 0.717) is 29.5 Å². The van der Waals surface area contributed by atoms with E-state index >= 15 is 0 Å². The van der Waals surface area contributed by atoms with Gasteiger partial charge in [-0.05, 0) is 55.5 Å². The summed E-state index contributed by atoms with van der Waals surface area (Å²) in [6, 6.07) is 11.8. The van der Waals surface area contributed by atoms with Crippen LogP contribution in [0.2, 0.25) is 0 Å². The lowest BCUT2D eigenvalue weighted by atomic mass is 10.0. The Morgan fingerprint density at radius 1 is 1.10 bits per heavy atom. The molecule has 0 saturated carbocycles. The number of likely N-dealkylation sites (tertiary alicyclic amines) is 1. The van der Waals surface area contributed by atoms with E-state index in [1.54, 1.807) is 17.4 Å². The molecule has 2 saturated heterocycles. The van der Waals surface area contributed by atoms with E-state index in [-0.39, 0.29) is 35.6 Å². The van der Waals surface area contributed by atoms with Crippen LogP contribution in [0, 0.1) is 5.92 Å². The van der Waals surface area contributed by atoms with Crippen LogP contribution < -0.4 is 10.6 Å². The Morgan fingerprint density at radius 2 is 1.85 bits per heavy atom. The maximum Gasteiger partial charge on any atom is 0.264 e. The van der Waals surface area contributed by atoms with E-state index < -0.39 is 0 Å². The summed E-state index contributed by atoms with van der Waals surface area (Å²) >= 11 is 3.00. The molecule has 0 unspecified atom stereocenters. The van der Waals surface area contributed by atoms with Gasteiger partial charge in [0.2, 0.25) is 11.8 Å². The molecular weight excluding hydrogens is 542 g/mol. The molecule has 4 heterocycles. The third-order valence-corrected chi connectivity index (χ3v) is 10.0. The van der Waals surface area contributed by atoms with Gasteiger partial charge >= 0.3 is 0 Å². The molecule has 3 aromatic rings. The minimum absolute atomic E-state index is 0.000697. The zero-order chi connectivity index (χ0) is 28.2. The molecule has 2 aromatic heterocycles. The largest absolute Gasteiger partial charge is 0.341 e. The van der Waals surface area contributed by atoms with E-state index in [2.05, 4.69) is 53.7 Å². The maximum absolute atomic E-state index is 13.0. The fourth-order valence-corrected chi connectivity index (χ4v) is 7.16. The summed E-state index contributed by atoms with van der Waals surface area (Å²) in [6.45, 7) is 6.89. The van der Waals surface area contributed by atoms with Gasteiger partial charge in [-0.1, -0.05) is 38.1 Å². The van der Waals surface area contributed by atoms with Gasteiger partial charge in [-0.3, -0.25) is 14.4 Å². The normalized spacial score (nSPS) is 17.2. The van der Waals surface area contributed by atoms with Crippen LogP contribution in [0.15, 0.2) is 42.6 Å². The van der Waals surface area contributed by atoms with E-state index in [9.17, 15) is 14.4 Å². The third-order valence-electron chi connectivity index (χ3n) is 7.85. The Balaban J connectivity index is 1.12. The van der Waals surface area contributed by atoms with Gasteiger partial charge < -0.3 is 20.4 Å². The lowest BCUT2D eigenvalue weighted by Gasteiger charge is -2.37. The van der Waals surface area contributed by atoms with Crippen LogP contribution in [0.5, 0.6) is 0 Å². The molecule has 5 rings (SSSR count).